The Hall–Kier alpha value is -2.90. The lowest BCUT2D eigenvalue weighted by atomic mass is 10.1. The first kappa shape index (κ1) is 18.5. The molecule has 0 bridgehead atoms. The first-order valence-electron chi connectivity index (χ1n) is 8.50. The van der Waals surface area contributed by atoms with Crippen LogP contribution >= 0.6 is 23.2 Å². The second kappa shape index (κ2) is 7.26. The van der Waals surface area contributed by atoms with E-state index in [2.05, 4.69) is 20.7 Å². The van der Waals surface area contributed by atoms with Crippen molar-refractivity contribution in [2.45, 2.75) is 19.4 Å². The van der Waals surface area contributed by atoms with Gasteiger partial charge in [0, 0.05) is 21.3 Å². The van der Waals surface area contributed by atoms with Gasteiger partial charge in [-0.15, -0.1) is 5.10 Å². The molecular weight excluding hydrogens is 401 g/mol. The van der Waals surface area contributed by atoms with Crippen molar-refractivity contribution in [1.82, 2.24) is 14.8 Å². The van der Waals surface area contributed by atoms with Gasteiger partial charge in [-0.2, -0.15) is 4.98 Å². The summed E-state index contributed by atoms with van der Waals surface area (Å²) in [6, 6.07) is 11.5. The number of rotatable bonds is 4. The number of carbonyl (C=O) groups excluding carboxylic acids is 2. The Labute approximate surface area is 170 Å². The Balaban J connectivity index is 1.53. The molecule has 7 nitrogen and oxygen atoms in total. The van der Waals surface area contributed by atoms with Crippen LogP contribution in [0.25, 0.3) is 11.4 Å². The fourth-order valence-corrected chi connectivity index (χ4v) is 3.25. The summed E-state index contributed by atoms with van der Waals surface area (Å²) >= 11 is 12.0. The summed E-state index contributed by atoms with van der Waals surface area (Å²) in [7, 11) is 0. The van der Waals surface area contributed by atoms with Crippen LogP contribution in [-0.4, -0.2) is 26.6 Å². The summed E-state index contributed by atoms with van der Waals surface area (Å²) in [5.41, 5.74) is 2.13. The Morgan fingerprint density at radius 3 is 2.71 bits per heavy atom. The molecule has 2 amide bonds. The van der Waals surface area contributed by atoms with Gasteiger partial charge in [-0.25, -0.2) is 4.68 Å². The topological polar surface area (TPSA) is 88.9 Å². The molecule has 9 heteroatoms. The molecule has 0 radical (unpaired) electrons. The van der Waals surface area contributed by atoms with Crippen molar-refractivity contribution in [3.8, 4) is 11.4 Å². The highest BCUT2D eigenvalue weighted by Crippen LogP contribution is 2.29. The summed E-state index contributed by atoms with van der Waals surface area (Å²) in [5, 5.41) is 11.0. The second-order valence-corrected chi connectivity index (χ2v) is 7.22. The molecule has 142 valence electrons. The van der Waals surface area contributed by atoms with Gasteiger partial charge in [0.1, 0.15) is 6.04 Å². The van der Waals surface area contributed by atoms with E-state index in [0.29, 0.717) is 27.5 Å². The van der Waals surface area contributed by atoms with Gasteiger partial charge in [-0.05, 0) is 48.9 Å². The lowest BCUT2D eigenvalue weighted by Crippen LogP contribution is -2.24. The molecule has 1 atom stereocenters. The zero-order chi connectivity index (χ0) is 19.8. The molecule has 28 heavy (non-hydrogen) atoms. The predicted molar refractivity (Wildman–Crippen MR) is 108 cm³/mol. The average molecular weight is 416 g/mol. The van der Waals surface area contributed by atoms with E-state index in [-0.39, 0.29) is 18.2 Å². The van der Waals surface area contributed by atoms with Crippen molar-refractivity contribution in [2.75, 3.05) is 10.6 Å². The van der Waals surface area contributed by atoms with Crippen LogP contribution in [0.15, 0.2) is 42.5 Å². The minimum atomic E-state index is -0.775. The number of hydrogen-bond donors (Lipinski definition) is 2. The molecular formula is C19H15Cl2N5O2. The van der Waals surface area contributed by atoms with Crippen molar-refractivity contribution in [1.29, 1.82) is 0 Å². The van der Waals surface area contributed by atoms with E-state index in [9.17, 15) is 9.59 Å². The van der Waals surface area contributed by atoms with Crippen LogP contribution in [0, 0.1) is 6.92 Å². The molecule has 2 N–H and O–H groups in total. The van der Waals surface area contributed by atoms with Crippen molar-refractivity contribution >= 4 is 46.7 Å². The molecule has 0 aliphatic carbocycles. The third kappa shape index (κ3) is 3.46. The van der Waals surface area contributed by atoms with Gasteiger partial charge in [-0.1, -0.05) is 29.3 Å². The van der Waals surface area contributed by atoms with Crippen molar-refractivity contribution < 1.29 is 9.59 Å². The van der Waals surface area contributed by atoms with Crippen molar-refractivity contribution in [3.05, 3.63) is 58.1 Å². The molecule has 1 aliphatic heterocycles. The van der Waals surface area contributed by atoms with Crippen LogP contribution in [0.3, 0.4) is 0 Å². The summed E-state index contributed by atoms with van der Waals surface area (Å²) in [4.78, 5) is 29.1. The smallest absolute Gasteiger partial charge is 0.252 e. The SMILES string of the molecule is Cc1c(Cl)cccc1NC(=O)C[C@@H]1C(=O)Nc2nc(-c3ccc(Cl)cc3)nn21. The number of hydrogen-bond acceptors (Lipinski definition) is 4. The maximum absolute atomic E-state index is 12.5. The number of benzene rings is 2. The Kier molecular flexibility index (Phi) is 4.78. The van der Waals surface area contributed by atoms with Crippen LogP contribution in [0.4, 0.5) is 11.6 Å². The molecule has 0 spiro atoms. The number of fused-ring (bicyclic) bond motifs is 1. The van der Waals surface area contributed by atoms with Crippen LogP contribution in [0.2, 0.25) is 10.0 Å². The van der Waals surface area contributed by atoms with E-state index in [0.717, 1.165) is 11.1 Å². The van der Waals surface area contributed by atoms with Crippen molar-refractivity contribution in [2.24, 2.45) is 0 Å². The first-order valence-corrected chi connectivity index (χ1v) is 9.26. The zero-order valence-electron chi connectivity index (χ0n) is 14.7. The van der Waals surface area contributed by atoms with E-state index in [1.165, 1.54) is 4.68 Å². The highest BCUT2D eigenvalue weighted by Gasteiger charge is 2.35. The van der Waals surface area contributed by atoms with Gasteiger partial charge in [0.25, 0.3) is 5.91 Å². The quantitative estimate of drug-likeness (QED) is 0.671. The minimum absolute atomic E-state index is 0.0752. The van der Waals surface area contributed by atoms with Crippen LogP contribution in [-0.2, 0) is 9.59 Å². The van der Waals surface area contributed by atoms with Gasteiger partial charge in [0.15, 0.2) is 5.82 Å². The Morgan fingerprint density at radius 2 is 1.96 bits per heavy atom. The van der Waals surface area contributed by atoms with E-state index in [1.54, 1.807) is 42.5 Å². The van der Waals surface area contributed by atoms with Crippen LogP contribution in [0.1, 0.15) is 18.0 Å². The maximum atomic E-state index is 12.5. The summed E-state index contributed by atoms with van der Waals surface area (Å²) < 4.78 is 1.44. The molecule has 1 aromatic heterocycles. The fourth-order valence-electron chi connectivity index (χ4n) is 2.95. The van der Waals surface area contributed by atoms with Crippen LogP contribution in [0.5, 0.6) is 0 Å². The third-order valence-electron chi connectivity index (χ3n) is 4.49. The molecule has 3 aromatic rings. The molecule has 0 saturated heterocycles. The van der Waals surface area contributed by atoms with Gasteiger partial charge in [0.2, 0.25) is 11.9 Å². The van der Waals surface area contributed by atoms with Crippen molar-refractivity contribution in [3.63, 3.8) is 0 Å². The standard InChI is InChI=1S/C19H15Cl2N5O2/c1-10-13(21)3-2-4-14(10)22-16(27)9-15-18(28)24-19-23-17(25-26(15)19)11-5-7-12(20)8-6-11/h2-8,15H,9H2,1H3,(H,22,27)(H,23,24,25,28)/t15-/m1/s1. The van der Waals surface area contributed by atoms with Gasteiger partial charge >= 0.3 is 0 Å². The lowest BCUT2D eigenvalue weighted by molar-refractivity contribution is -0.123. The molecule has 2 aromatic carbocycles. The number of carbonyl (C=O) groups is 2. The lowest BCUT2D eigenvalue weighted by Gasteiger charge is -2.12. The number of aromatic nitrogens is 3. The third-order valence-corrected chi connectivity index (χ3v) is 5.15. The monoisotopic (exact) mass is 415 g/mol. The van der Waals surface area contributed by atoms with Gasteiger partial charge in [-0.3, -0.25) is 14.9 Å². The fraction of sp³-hybridized carbons (Fsp3) is 0.158. The maximum Gasteiger partial charge on any atom is 0.252 e. The normalized spacial score (nSPS) is 15.2. The first-order chi connectivity index (χ1) is 13.4. The molecule has 4 rings (SSSR count). The molecule has 2 heterocycles. The largest absolute Gasteiger partial charge is 0.326 e. The molecule has 0 fully saturated rings. The average Bonchev–Trinajstić information content (AvgIpc) is 3.18. The van der Waals surface area contributed by atoms with E-state index in [4.69, 9.17) is 23.2 Å². The number of anilines is 2. The van der Waals surface area contributed by atoms with E-state index < -0.39 is 6.04 Å². The minimum Gasteiger partial charge on any atom is -0.326 e. The molecule has 1 aliphatic rings. The van der Waals surface area contributed by atoms with Gasteiger partial charge in [0.05, 0.1) is 6.42 Å². The Morgan fingerprint density at radius 1 is 1.21 bits per heavy atom. The molecule has 0 saturated carbocycles. The predicted octanol–water partition coefficient (Wildman–Crippen LogP) is 4.08. The number of nitrogens with zero attached hydrogens (tertiary/aromatic N) is 3. The Bertz CT molecular complexity index is 1080. The zero-order valence-corrected chi connectivity index (χ0v) is 16.3. The highest BCUT2D eigenvalue weighted by atomic mass is 35.5. The van der Waals surface area contributed by atoms with E-state index in [1.807, 2.05) is 6.92 Å². The number of amides is 2. The number of nitrogens with one attached hydrogen (secondary N) is 2. The van der Waals surface area contributed by atoms with Crippen LogP contribution < -0.4 is 10.6 Å². The second-order valence-electron chi connectivity index (χ2n) is 6.38. The summed E-state index contributed by atoms with van der Waals surface area (Å²) in [5.74, 6) is 0.118. The summed E-state index contributed by atoms with van der Waals surface area (Å²) in [6.45, 7) is 1.81. The summed E-state index contributed by atoms with van der Waals surface area (Å²) in [6.07, 6.45) is -0.0752. The van der Waals surface area contributed by atoms with Gasteiger partial charge < -0.3 is 5.32 Å². The highest BCUT2D eigenvalue weighted by molar-refractivity contribution is 6.31. The van der Waals surface area contributed by atoms with E-state index >= 15 is 0 Å². The number of halogens is 2. The molecule has 0 unspecified atom stereocenters.